The van der Waals surface area contributed by atoms with Crippen molar-refractivity contribution in [3.05, 3.63) is 65.2 Å². The van der Waals surface area contributed by atoms with Crippen molar-refractivity contribution in [3.63, 3.8) is 0 Å². The first-order valence-corrected chi connectivity index (χ1v) is 8.42. The Morgan fingerprint density at radius 3 is 2.43 bits per heavy atom. The molecule has 0 radical (unpaired) electrons. The molecular weight excluding hydrogens is 316 g/mol. The molecular formula is C18H19F2NOS. The standard InChI is InChI=1S/C18H19F2NOS/c1-3-17(13-6-4-12(2)5-7-13)21-18(22)11-23-14-8-9-15(19)16(20)10-14/h4-10,17H,3,11H2,1-2H3,(H,21,22)/t17-/m1/s1. The average molecular weight is 335 g/mol. The van der Waals surface area contributed by atoms with Crippen LogP contribution in [-0.4, -0.2) is 11.7 Å². The lowest BCUT2D eigenvalue weighted by atomic mass is 10.0. The Morgan fingerprint density at radius 2 is 1.83 bits per heavy atom. The van der Waals surface area contributed by atoms with Crippen LogP contribution in [0, 0.1) is 18.6 Å². The Balaban J connectivity index is 1.92. The summed E-state index contributed by atoms with van der Waals surface area (Å²) >= 11 is 1.18. The average Bonchev–Trinajstić information content (AvgIpc) is 2.54. The van der Waals surface area contributed by atoms with Crippen molar-refractivity contribution in [2.75, 3.05) is 5.75 Å². The van der Waals surface area contributed by atoms with E-state index in [0.717, 1.165) is 24.1 Å². The zero-order valence-corrected chi connectivity index (χ0v) is 13.9. The van der Waals surface area contributed by atoms with Gasteiger partial charge in [0, 0.05) is 4.90 Å². The van der Waals surface area contributed by atoms with Crippen molar-refractivity contribution in [1.29, 1.82) is 0 Å². The van der Waals surface area contributed by atoms with Crippen LogP contribution >= 0.6 is 11.8 Å². The van der Waals surface area contributed by atoms with Gasteiger partial charge in [-0.05, 0) is 37.1 Å². The minimum atomic E-state index is -0.901. The Bertz CT molecular complexity index is 673. The van der Waals surface area contributed by atoms with E-state index in [1.54, 1.807) is 0 Å². The fourth-order valence-corrected chi connectivity index (χ4v) is 2.90. The van der Waals surface area contributed by atoms with E-state index >= 15 is 0 Å². The molecule has 0 spiro atoms. The number of amides is 1. The summed E-state index contributed by atoms with van der Waals surface area (Å²) in [5.41, 5.74) is 2.23. The van der Waals surface area contributed by atoms with E-state index in [9.17, 15) is 13.6 Å². The lowest BCUT2D eigenvalue weighted by molar-refractivity contribution is -0.119. The number of thioether (sulfide) groups is 1. The highest BCUT2D eigenvalue weighted by molar-refractivity contribution is 8.00. The fourth-order valence-electron chi connectivity index (χ4n) is 2.17. The summed E-state index contributed by atoms with van der Waals surface area (Å²) in [4.78, 5) is 12.6. The van der Waals surface area contributed by atoms with Gasteiger partial charge in [0.25, 0.3) is 0 Å². The van der Waals surface area contributed by atoms with Gasteiger partial charge in [-0.15, -0.1) is 11.8 Å². The molecule has 5 heteroatoms. The van der Waals surface area contributed by atoms with Crippen molar-refractivity contribution in [2.45, 2.75) is 31.2 Å². The van der Waals surface area contributed by atoms with Gasteiger partial charge >= 0.3 is 0 Å². The number of aryl methyl sites for hydroxylation is 1. The molecule has 2 nitrogen and oxygen atoms in total. The number of benzene rings is 2. The first-order chi connectivity index (χ1) is 11.0. The second-order valence-electron chi connectivity index (χ2n) is 5.30. The molecule has 0 aliphatic heterocycles. The molecule has 1 atom stereocenters. The van der Waals surface area contributed by atoms with Crippen LogP contribution in [0.4, 0.5) is 8.78 Å². The number of carbonyl (C=O) groups excluding carboxylic acids is 1. The minimum Gasteiger partial charge on any atom is -0.349 e. The van der Waals surface area contributed by atoms with E-state index in [1.165, 1.54) is 23.4 Å². The molecule has 1 N–H and O–H groups in total. The first kappa shape index (κ1) is 17.5. The zero-order chi connectivity index (χ0) is 16.8. The van der Waals surface area contributed by atoms with E-state index < -0.39 is 11.6 Å². The van der Waals surface area contributed by atoms with Gasteiger partial charge in [0.05, 0.1) is 11.8 Å². The van der Waals surface area contributed by atoms with Crippen LogP contribution in [0.25, 0.3) is 0 Å². The quantitative estimate of drug-likeness (QED) is 0.780. The Kier molecular flexibility index (Phi) is 6.16. The molecule has 0 heterocycles. The number of rotatable bonds is 6. The molecule has 0 unspecified atom stereocenters. The Hall–Kier alpha value is -1.88. The molecule has 2 aromatic rings. The highest BCUT2D eigenvalue weighted by atomic mass is 32.2. The smallest absolute Gasteiger partial charge is 0.230 e. The normalized spacial score (nSPS) is 12.0. The summed E-state index contributed by atoms with van der Waals surface area (Å²) in [5, 5.41) is 2.97. The first-order valence-electron chi connectivity index (χ1n) is 7.43. The predicted molar refractivity (Wildman–Crippen MR) is 89.4 cm³/mol. The maximum Gasteiger partial charge on any atom is 0.230 e. The van der Waals surface area contributed by atoms with Crippen LogP contribution in [0.3, 0.4) is 0 Å². The second-order valence-corrected chi connectivity index (χ2v) is 6.35. The predicted octanol–water partition coefficient (Wildman–Crippen LogP) is 4.63. The number of hydrogen-bond acceptors (Lipinski definition) is 2. The van der Waals surface area contributed by atoms with Crippen molar-refractivity contribution in [3.8, 4) is 0 Å². The van der Waals surface area contributed by atoms with Crippen molar-refractivity contribution in [1.82, 2.24) is 5.32 Å². The number of nitrogens with one attached hydrogen (secondary N) is 1. The fraction of sp³-hybridized carbons (Fsp3) is 0.278. The summed E-state index contributed by atoms with van der Waals surface area (Å²) in [5.74, 6) is -1.76. The third kappa shape index (κ3) is 5.06. The highest BCUT2D eigenvalue weighted by Crippen LogP contribution is 2.21. The second kappa shape index (κ2) is 8.11. The van der Waals surface area contributed by atoms with Gasteiger partial charge in [0.15, 0.2) is 11.6 Å². The maximum absolute atomic E-state index is 13.1. The molecule has 0 fully saturated rings. The topological polar surface area (TPSA) is 29.1 Å². The van der Waals surface area contributed by atoms with E-state index in [0.29, 0.717) is 4.90 Å². The molecule has 0 saturated carbocycles. The third-order valence-electron chi connectivity index (χ3n) is 3.48. The Morgan fingerprint density at radius 1 is 1.13 bits per heavy atom. The van der Waals surface area contributed by atoms with Crippen molar-refractivity contribution >= 4 is 17.7 Å². The summed E-state index contributed by atoms with van der Waals surface area (Å²) in [6.07, 6.45) is 0.782. The van der Waals surface area contributed by atoms with Gasteiger partial charge in [-0.2, -0.15) is 0 Å². The largest absolute Gasteiger partial charge is 0.349 e. The number of carbonyl (C=O) groups is 1. The van der Waals surface area contributed by atoms with Crippen LogP contribution in [0.1, 0.15) is 30.5 Å². The maximum atomic E-state index is 13.1. The lowest BCUT2D eigenvalue weighted by Crippen LogP contribution is -2.29. The third-order valence-corrected chi connectivity index (χ3v) is 4.48. The van der Waals surface area contributed by atoms with Gasteiger partial charge in [-0.25, -0.2) is 8.78 Å². The van der Waals surface area contributed by atoms with Gasteiger partial charge < -0.3 is 5.32 Å². The van der Waals surface area contributed by atoms with Gasteiger partial charge in [0.2, 0.25) is 5.91 Å². The molecule has 2 aromatic carbocycles. The van der Waals surface area contributed by atoms with E-state index in [-0.39, 0.29) is 17.7 Å². The highest BCUT2D eigenvalue weighted by Gasteiger charge is 2.13. The zero-order valence-electron chi connectivity index (χ0n) is 13.1. The molecule has 23 heavy (non-hydrogen) atoms. The summed E-state index contributed by atoms with van der Waals surface area (Å²) in [6, 6.07) is 11.6. The summed E-state index contributed by atoms with van der Waals surface area (Å²) < 4.78 is 26.0. The van der Waals surface area contributed by atoms with Gasteiger partial charge in [-0.1, -0.05) is 36.8 Å². The molecule has 0 bridgehead atoms. The summed E-state index contributed by atoms with van der Waals surface area (Å²) in [6.45, 7) is 4.02. The van der Waals surface area contributed by atoms with Crippen LogP contribution < -0.4 is 5.32 Å². The monoisotopic (exact) mass is 335 g/mol. The van der Waals surface area contributed by atoms with Crippen molar-refractivity contribution in [2.24, 2.45) is 0 Å². The molecule has 0 aliphatic carbocycles. The molecule has 122 valence electrons. The van der Waals surface area contributed by atoms with Crippen LogP contribution in [-0.2, 0) is 4.79 Å². The van der Waals surface area contributed by atoms with E-state index in [2.05, 4.69) is 5.32 Å². The van der Waals surface area contributed by atoms with Crippen LogP contribution in [0.15, 0.2) is 47.4 Å². The minimum absolute atomic E-state index is 0.0475. The number of halogens is 2. The SMILES string of the molecule is CC[C@@H](NC(=O)CSc1ccc(F)c(F)c1)c1ccc(C)cc1. The summed E-state index contributed by atoms with van der Waals surface area (Å²) in [7, 11) is 0. The van der Waals surface area contributed by atoms with Crippen LogP contribution in [0.5, 0.6) is 0 Å². The lowest BCUT2D eigenvalue weighted by Gasteiger charge is -2.17. The Labute approximate surface area is 139 Å². The molecule has 0 aromatic heterocycles. The number of hydrogen-bond donors (Lipinski definition) is 1. The molecule has 1 amide bonds. The molecule has 0 aliphatic rings. The van der Waals surface area contributed by atoms with Crippen molar-refractivity contribution < 1.29 is 13.6 Å². The molecule has 2 rings (SSSR count). The van der Waals surface area contributed by atoms with Gasteiger partial charge in [0.1, 0.15) is 0 Å². The van der Waals surface area contributed by atoms with E-state index in [4.69, 9.17) is 0 Å². The molecule has 0 saturated heterocycles. The van der Waals surface area contributed by atoms with Gasteiger partial charge in [-0.3, -0.25) is 4.79 Å². The van der Waals surface area contributed by atoms with Crippen LogP contribution in [0.2, 0.25) is 0 Å². The van der Waals surface area contributed by atoms with E-state index in [1.807, 2.05) is 38.1 Å².